The first-order chi connectivity index (χ1) is 10.8. The molecule has 1 heterocycles. The third-order valence-electron chi connectivity index (χ3n) is 3.94. The maximum Gasteiger partial charge on any atom is 0.221 e. The van der Waals surface area contributed by atoms with Gasteiger partial charge in [0.1, 0.15) is 12.4 Å². The van der Waals surface area contributed by atoms with Gasteiger partial charge >= 0.3 is 0 Å². The SMILES string of the molecule is CNC(=O)C[C@@H]1COc2ccccc2N1Cc1ccccc1. The first-order valence-electron chi connectivity index (χ1n) is 7.51. The van der Waals surface area contributed by atoms with Crippen LogP contribution in [0.3, 0.4) is 0 Å². The van der Waals surface area contributed by atoms with Gasteiger partial charge in [0.25, 0.3) is 0 Å². The van der Waals surface area contributed by atoms with Crippen LogP contribution in [0.25, 0.3) is 0 Å². The summed E-state index contributed by atoms with van der Waals surface area (Å²) in [5, 5.41) is 2.70. The minimum Gasteiger partial charge on any atom is -0.489 e. The van der Waals surface area contributed by atoms with Crippen molar-refractivity contribution < 1.29 is 9.53 Å². The molecule has 0 aliphatic carbocycles. The second-order valence-corrected chi connectivity index (χ2v) is 5.42. The van der Waals surface area contributed by atoms with Gasteiger partial charge in [-0.3, -0.25) is 4.79 Å². The summed E-state index contributed by atoms with van der Waals surface area (Å²) in [5.74, 6) is 0.914. The topological polar surface area (TPSA) is 41.6 Å². The van der Waals surface area contributed by atoms with E-state index < -0.39 is 0 Å². The van der Waals surface area contributed by atoms with Crippen molar-refractivity contribution in [3.05, 3.63) is 60.2 Å². The summed E-state index contributed by atoms with van der Waals surface area (Å²) in [6, 6.07) is 18.3. The molecule has 0 fully saturated rings. The lowest BCUT2D eigenvalue weighted by Gasteiger charge is -2.38. The Morgan fingerprint density at radius 3 is 2.68 bits per heavy atom. The van der Waals surface area contributed by atoms with E-state index in [-0.39, 0.29) is 11.9 Å². The van der Waals surface area contributed by atoms with Crippen LogP contribution in [0.1, 0.15) is 12.0 Å². The fraction of sp³-hybridized carbons (Fsp3) is 0.278. The lowest BCUT2D eigenvalue weighted by atomic mass is 10.1. The molecule has 1 aliphatic heterocycles. The normalized spacial score (nSPS) is 16.6. The van der Waals surface area contributed by atoms with Gasteiger partial charge in [0.05, 0.1) is 18.2 Å². The number of rotatable bonds is 4. The van der Waals surface area contributed by atoms with Gasteiger partial charge in [-0.15, -0.1) is 0 Å². The number of carbonyl (C=O) groups excluding carboxylic acids is 1. The Morgan fingerprint density at radius 2 is 1.91 bits per heavy atom. The zero-order valence-corrected chi connectivity index (χ0v) is 12.7. The number of hydrogen-bond acceptors (Lipinski definition) is 3. The number of benzene rings is 2. The molecule has 1 atom stereocenters. The smallest absolute Gasteiger partial charge is 0.221 e. The summed E-state index contributed by atoms with van der Waals surface area (Å²) >= 11 is 0. The largest absolute Gasteiger partial charge is 0.489 e. The highest BCUT2D eigenvalue weighted by Crippen LogP contribution is 2.35. The van der Waals surface area contributed by atoms with Crippen LogP contribution in [0.2, 0.25) is 0 Å². The highest BCUT2D eigenvalue weighted by Gasteiger charge is 2.28. The van der Waals surface area contributed by atoms with Crippen LogP contribution in [-0.2, 0) is 11.3 Å². The van der Waals surface area contributed by atoms with E-state index in [1.54, 1.807) is 7.05 Å². The van der Waals surface area contributed by atoms with Crippen molar-refractivity contribution in [2.45, 2.75) is 19.0 Å². The maximum atomic E-state index is 11.8. The summed E-state index contributed by atoms with van der Waals surface area (Å²) in [6.07, 6.45) is 0.428. The zero-order valence-electron chi connectivity index (χ0n) is 12.7. The average molecular weight is 296 g/mol. The number of nitrogens with one attached hydrogen (secondary N) is 1. The molecule has 0 bridgehead atoms. The van der Waals surface area contributed by atoms with E-state index in [1.165, 1.54) is 5.56 Å². The number of hydrogen-bond donors (Lipinski definition) is 1. The summed E-state index contributed by atoms with van der Waals surface area (Å²) in [5.41, 5.74) is 2.27. The van der Waals surface area contributed by atoms with Crippen molar-refractivity contribution in [3.63, 3.8) is 0 Å². The molecule has 1 aliphatic rings. The minimum absolute atomic E-state index is 0.0334. The van der Waals surface area contributed by atoms with Crippen LogP contribution in [0.4, 0.5) is 5.69 Å². The molecule has 1 N–H and O–H groups in total. The van der Waals surface area contributed by atoms with Crippen LogP contribution < -0.4 is 15.0 Å². The molecule has 2 aromatic carbocycles. The predicted molar refractivity (Wildman–Crippen MR) is 87.0 cm³/mol. The molecule has 0 radical (unpaired) electrons. The second-order valence-electron chi connectivity index (χ2n) is 5.42. The Hall–Kier alpha value is -2.49. The standard InChI is InChI=1S/C18H20N2O2/c1-19-18(21)11-15-13-22-17-10-6-5-9-16(17)20(15)12-14-7-3-2-4-8-14/h2-10,15H,11-13H2,1H3,(H,19,21)/t15-/m1/s1. The van der Waals surface area contributed by atoms with Crippen LogP contribution in [-0.4, -0.2) is 25.6 Å². The van der Waals surface area contributed by atoms with Gasteiger partial charge in [-0.2, -0.15) is 0 Å². The number of nitrogens with zero attached hydrogens (tertiary/aromatic N) is 1. The van der Waals surface area contributed by atoms with Crippen molar-refractivity contribution in [2.24, 2.45) is 0 Å². The van der Waals surface area contributed by atoms with E-state index in [2.05, 4.69) is 22.3 Å². The molecule has 0 spiro atoms. The van der Waals surface area contributed by atoms with Gasteiger partial charge < -0.3 is 15.0 Å². The van der Waals surface area contributed by atoms with E-state index in [4.69, 9.17) is 4.74 Å². The van der Waals surface area contributed by atoms with E-state index in [9.17, 15) is 4.79 Å². The highest BCUT2D eigenvalue weighted by atomic mass is 16.5. The van der Waals surface area contributed by atoms with E-state index in [0.29, 0.717) is 13.0 Å². The van der Waals surface area contributed by atoms with E-state index in [1.807, 2.05) is 42.5 Å². The van der Waals surface area contributed by atoms with Crippen molar-refractivity contribution in [1.82, 2.24) is 5.32 Å². The Balaban J connectivity index is 1.89. The van der Waals surface area contributed by atoms with Crippen LogP contribution in [0, 0.1) is 0 Å². The highest BCUT2D eigenvalue weighted by molar-refractivity contribution is 5.77. The van der Waals surface area contributed by atoms with Crippen LogP contribution in [0.15, 0.2) is 54.6 Å². The molecule has 22 heavy (non-hydrogen) atoms. The number of ether oxygens (including phenoxy) is 1. The molecular weight excluding hydrogens is 276 g/mol. The average Bonchev–Trinajstić information content (AvgIpc) is 2.57. The summed E-state index contributed by atoms with van der Waals surface area (Å²) < 4.78 is 5.83. The Bertz CT molecular complexity index is 643. The van der Waals surface area contributed by atoms with Crippen LogP contribution >= 0.6 is 0 Å². The van der Waals surface area contributed by atoms with Crippen molar-refractivity contribution >= 4 is 11.6 Å². The first kappa shape index (κ1) is 14.4. The predicted octanol–water partition coefficient (Wildman–Crippen LogP) is 2.59. The molecule has 1 amide bonds. The van der Waals surface area contributed by atoms with Gasteiger partial charge in [-0.05, 0) is 17.7 Å². The monoisotopic (exact) mass is 296 g/mol. The number of carbonyl (C=O) groups is 1. The van der Waals surface area contributed by atoms with Gasteiger partial charge in [0.15, 0.2) is 0 Å². The molecule has 114 valence electrons. The van der Waals surface area contributed by atoms with Gasteiger partial charge in [0, 0.05) is 13.6 Å². The molecule has 0 unspecified atom stereocenters. The number of anilines is 1. The lowest BCUT2D eigenvalue weighted by Crippen LogP contribution is -2.45. The maximum absolute atomic E-state index is 11.8. The second kappa shape index (κ2) is 6.52. The number of amides is 1. The molecule has 4 nitrogen and oxygen atoms in total. The van der Waals surface area contributed by atoms with Gasteiger partial charge in [0.2, 0.25) is 5.91 Å². The number of para-hydroxylation sites is 2. The third kappa shape index (κ3) is 3.06. The molecule has 3 rings (SSSR count). The van der Waals surface area contributed by atoms with Crippen molar-refractivity contribution in [3.8, 4) is 5.75 Å². The third-order valence-corrected chi connectivity index (χ3v) is 3.94. The summed E-state index contributed by atoms with van der Waals surface area (Å²) in [7, 11) is 1.67. The molecule has 0 saturated heterocycles. The molecule has 4 heteroatoms. The first-order valence-corrected chi connectivity index (χ1v) is 7.51. The molecule has 0 saturated carbocycles. The van der Waals surface area contributed by atoms with Gasteiger partial charge in [-0.1, -0.05) is 42.5 Å². The molecule has 0 aromatic heterocycles. The van der Waals surface area contributed by atoms with Crippen LogP contribution in [0.5, 0.6) is 5.75 Å². The Morgan fingerprint density at radius 1 is 1.18 bits per heavy atom. The van der Waals surface area contributed by atoms with Crippen molar-refractivity contribution in [2.75, 3.05) is 18.6 Å². The fourth-order valence-corrected chi connectivity index (χ4v) is 2.77. The summed E-state index contributed by atoms with van der Waals surface area (Å²) in [4.78, 5) is 14.1. The Kier molecular flexibility index (Phi) is 4.28. The Labute approximate surface area is 130 Å². The summed E-state index contributed by atoms with van der Waals surface area (Å²) in [6.45, 7) is 1.29. The molecular formula is C18H20N2O2. The number of fused-ring (bicyclic) bond motifs is 1. The van der Waals surface area contributed by atoms with Gasteiger partial charge in [-0.25, -0.2) is 0 Å². The van der Waals surface area contributed by atoms with E-state index in [0.717, 1.165) is 18.0 Å². The minimum atomic E-state index is 0.0334. The zero-order chi connectivity index (χ0) is 15.4. The molecule has 2 aromatic rings. The lowest BCUT2D eigenvalue weighted by molar-refractivity contribution is -0.121. The van der Waals surface area contributed by atoms with E-state index >= 15 is 0 Å². The van der Waals surface area contributed by atoms with Crippen molar-refractivity contribution in [1.29, 1.82) is 0 Å². The quantitative estimate of drug-likeness (QED) is 0.943. The fourth-order valence-electron chi connectivity index (χ4n) is 2.77.